The lowest BCUT2D eigenvalue weighted by Gasteiger charge is -2.01. The fourth-order valence-corrected chi connectivity index (χ4v) is 0.168. The van der Waals surface area contributed by atoms with E-state index in [1.165, 1.54) is 0 Å². The van der Waals surface area contributed by atoms with Crippen LogP contribution >= 0.6 is 11.6 Å². The van der Waals surface area contributed by atoms with Crippen molar-refractivity contribution in [1.29, 1.82) is 0 Å². The largest absolute Gasteiger partial charge is 0.394 e. The summed E-state index contributed by atoms with van der Waals surface area (Å²) in [6, 6.07) is -0.471. The molecular formula is C4H8ClNO. The van der Waals surface area contributed by atoms with Crippen molar-refractivity contribution in [2.75, 3.05) is 6.61 Å². The highest BCUT2D eigenvalue weighted by molar-refractivity contribution is 6.29. The van der Waals surface area contributed by atoms with Crippen LogP contribution in [0.1, 0.15) is 0 Å². The summed E-state index contributed by atoms with van der Waals surface area (Å²) in [7, 11) is 0. The van der Waals surface area contributed by atoms with Gasteiger partial charge in [0.25, 0.3) is 0 Å². The lowest BCUT2D eigenvalue weighted by molar-refractivity contribution is 0.282. The molecule has 1 atom stereocenters. The summed E-state index contributed by atoms with van der Waals surface area (Å²) < 4.78 is 0. The molecule has 1 unspecified atom stereocenters. The molecule has 0 saturated heterocycles. The van der Waals surface area contributed by atoms with E-state index >= 15 is 0 Å². The van der Waals surface area contributed by atoms with Gasteiger partial charge in [0.1, 0.15) is 0 Å². The Hall–Kier alpha value is -0.0500. The molecule has 0 aliphatic carbocycles. The summed E-state index contributed by atoms with van der Waals surface area (Å²) in [6.07, 6.45) is 0. The highest BCUT2D eigenvalue weighted by Crippen LogP contribution is 1.99. The van der Waals surface area contributed by atoms with E-state index in [-0.39, 0.29) is 6.61 Å². The van der Waals surface area contributed by atoms with E-state index in [2.05, 4.69) is 6.58 Å². The molecule has 0 aromatic rings. The number of nitrogens with two attached hydrogens (primary N) is 1. The Labute approximate surface area is 47.6 Å². The van der Waals surface area contributed by atoms with Crippen LogP contribution in [0.15, 0.2) is 11.6 Å². The monoisotopic (exact) mass is 121 g/mol. The molecule has 42 valence electrons. The molecule has 7 heavy (non-hydrogen) atoms. The minimum Gasteiger partial charge on any atom is -0.394 e. The third-order valence-corrected chi connectivity index (χ3v) is 0.879. The van der Waals surface area contributed by atoms with Crippen molar-refractivity contribution in [3.63, 3.8) is 0 Å². The fraction of sp³-hybridized carbons (Fsp3) is 0.500. The summed E-state index contributed by atoms with van der Waals surface area (Å²) in [5.41, 5.74) is 5.13. The molecule has 0 radical (unpaired) electrons. The van der Waals surface area contributed by atoms with Gasteiger partial charge in [-0.25, -0.2) is 0 Å². The summed E-state index contributed by atoms with van der Waals surface area (Å²) in [5.74, 6) is 0. The standard InChI is InChI=1S/C4H8ClNO/c1-3(5)4(6)2-7/h4,7H,1-2,6H2. The first-order chi connectivity index (χ1) is 3.18. The van der Waals surface area contributed by atoms with Gasteiger partial charge in [-0.1, -0.05) is 18.2 Å². The van der Waals surface area contributed by atoms with Gasteiger partial charge in [0.2, 0.25) is 0 Å². The minimum absolute atomic E-state index is 0.137. The van der Waals surface area contributed by atoms with Crippen LogP contribution < -0.4 is 5.73 Å². The second kappa shape index (κ2) is 3.02. The van der Waals surface area contributed by atoms with Gasteiger partial charge in [-0.3, -0.25) is 0 Å². The minimum atomic E-state index is -0.471. The van der Waals surface area contributed by atoms with Crippen LogP contribution in [0, 0.1) is 0 Å². The fourth-order valence-electron chi connectivity index (χ4n) is 0.0991. The Balaban J connectivity index is 3.34. The molecule has 0 aromatic carbocycles. The number of aliphatic hydroxyl groups is 1. The molecule has 0 rings (SSSR count). The van der Waals surface area contributed by atoms with Crippen molar-refractivity contribution in [2.24, 2.45) is 5.73 Å². The molecule has 0 fully saturated rings. The molecular weight excluding hydrogens is 114 g/mol. The summed E-state index contributed by atoms with van der Waals surface area (Å²) in [5, 5.41) is 8.53. The maximum atomic E-state index is 8.23. The number of aliphatic hydroxyl groups excluding tert-OH is 1. The van der Waals surface area contributed by atoms with Gasteiger partial charge in [-0.2, -0.15) is 0 Å². The first-order valence-corrected chi connectivity index (χ1v) is 2.27. The second-order valence-electron chi connectivity index (χ2n) is 1.24. The molecule has 0 amide bonds. The molecule has 0 aromatic heterocycles. The average Bonchev–Trinajstić information content (AvgIpc) is 1.65. The van der Waals surface area contributed by atoms with E-state index in [1.807, 2.05) is 0 Å². The zero-order valence-electron chi connectivity index (χ0n) is 3.89. The lowest BCUT2D eigenvalue weighted by Crippen LogP contribution is -2.23. The molecule has 3 N–H and O–H groups in total. The van der Waals surface area contributed by atoms with Crippen molar-refractivity contribution in [3.05, 3.63) is 11.6 Å². The number of rotatable bonds is 2. The topological polar surface area (TPSA) is 46.2 Å². The molecule has 0 spiro atoms. The zero-order valence-corrected chi connectivity index (χ0v) is 4.65. The Morgan fingerprint density at radius 2 is 2.43 bits per heavy atom. The first-order valence-electron chi connectivity index (χ1n) is 1.89. The van der Waals surface area contributed by atoms with Crippen molar-refractivity contribution in [2.45, 2.75) is 6.04 Å². The summed E-state index contributed by atoms with van der Waals surface area (Å²) in [4.78, 5) is 0. The third kappa shape index (κ3) is 2.62. The van der Waals surface area contributed by atoms with Gasteiger partial charge in [-0.05, 0) is 0 Å². The molecule has 2 nitrogen and oxygen atoms in total. The van der Waals surface area contributed by atoms with Gasteiger partial charge in [0.05, 0.1) is 12.6 Å². The number of hydrogen-bond donors (Lipinski definition) is 2. The maximum absolute atomic E-state index is 8.23. The van der Waals surface area contributed by atoms with Gasteiger partial charge in [-0.15, -0.1) is 0 Å². The lowest BCUT2D eigenvalue weighted by atomic mass is 10.3. The normalized spacial score (nSPS) is 13.6. The van der Waals surface area contributed by atoms with Crippen molar-refractivity contribution < 1.29 is 5.11 Å². The average molecular weight is 122 g/mol. The van der Waals surface area contributed by atoms with Gasteiger partial charge in [0.15, 0.2) is 0 Å². The molecule has 0 bridgehead atoms. The molecule has 3 heteroatoms. The van der Waals surface area contributed by atoms with Crippen LogP contribution in [0.4, 0.5) is 0 Å². The van der Waals surface area contributed by atoms with Crippen molar-refractivity contribution >= 4 is 11.6 Å². The Morgan fingerprint density at radius 1 is 2.00 bits per heavy atom. The Morgan fingerprint density at radius 3 is 2.43 bits per heavy atom. The van der Waals surface area contributed by atoms with E-state index in [1.54, 1.807) is 0 Å². The smallest absolute Gasteiger partial charge is 0.0632 e. The highest BCUT2D eigenvalue weighted by atomic mass is 35.5. The number of hydrogen-bond acceptors (Lipinski definition) is 2. The summed E-state index contributed by atoms with van der Waals surface area (Å²) >= 11 is 5.25. The number of halogens is 1. The van der Waals surface area contributed by atoms with Crippen LogP contribution in [-0.2, 0) is 0 Å². The van der Waals surface area contributed by atoms with Crippen LogP contribution in [0.3, 0.4) is 0 Å². The van der Waals surface area contributed by atoms with Gasteiger partial charge >= 0.3 is 0 Å². The van der Waals surface area contributed by atoms with E-state index in [0.717, 1.165) is 0 Å². The molecule has 0 aliphatic rings. The maximum Gasteiger partial charge on any atom is 0.0632 e. The highest BCUT2D eigenvalue weighted by Gasteiger charge is 1.98. The SMILES string of the molecule is C=C(Cl)C(N)CO. The third-order valence-electron chi connectivity index (χ3n) is 0.599. The van der Waals surface area contributed by atoms with E-state index in [4.69, 9.17) is 22.4 Å². The van der Waals surface area contributed by atoms with Crippen LogP contribution in [0.5, 0.6) is 0 Å². The molecule has 0 aliphatic heterocycles. The van der Waals surface area contributed by atoms with Gasteiger partial charge in [0, 0.05) is 5.03 Å². The van der Waals surface area contributed by atoms with Gasteiger partial charge < -0.3 is 10.8 Å². The van der Waals surface area contributed by atoms with Crippen LogP contribution in [0.2, 0.25) is 0 Å². The predicted molar refractivity (Wildman–Crippen MR) is 30.1 cm³/mol. The van der Waals surface area contributed by atoms with Crippen LogP contribution in [0.25, 0.3) is 0 Å². The van der Waals surface area contributed by atoms with E-state index in [0.29, 0.717) is 5.03 Å². The zero-order chi connectivity index (χ0) is 5.86. The molecule has 0 heterocycles. The summed E-state index contributed by atoms with van der Waals surface area (Å²) in [6.45, 7) is 3.17. The van der Waals surface area contributed by atoms with E-state index in [9.17, 15) is 0 Å². The van der Waals surface area contributed by atoms with E-state index < -0.39 is 6.04 Å². The predicted octanol–water partition coefficient (Wildman–Crippen LogP) is 0.0585. The first kappa shape index (κ1) is 6.95. The van der Waals surface area contributed by atoms with Crippen molar-refractivity contribution in [3.8, 4) is 0 Å². The molecule has 0 saturated carbocycles. The van der Waals surface area contributed by atoms with Crippen LogP contribution in [-0.4, -0.2) is 17.8 Å². The Kier molecular flexibility index (Phi) is 3.00. The van der Waals surface area contributed by atoms with Crippen molar-refractivity contribution in [1.82, 2.24) is 0 Å². The quantitative estimate of drug-likeness (QED) is 0.543. The second-order valence-corrected chi connectivity index (χ2v) is 1.72. The Bertz CT molecular complexity index is 74.1.